The summed E-state index contributed by atoms with van der Waals surface area (Å²) in [5, 5.41) is 3.35. The Hall–Kier alpha value is -2.18. The van der Waals surface area contributed by atoms with Crippen LogP contribution in [0.5, 0.6) is 5.75 Å². The zero-order valence-corrected chi connectivity index (χ0v) is 15.9. The van der Waals surface area contributed by atoms with Crippen LogP contribution in [0.3, 0.4) is 0 Å². The van der Waals surface area contributed by atoms with E-state index in [-0.39, 0.29) is 11.5 Å². The van der Waals surface area contributed by atoms with Gasteiger partial charge in [-0.05, 0) is 24.3 Å². The van der Waals surface area contributed by atoms with Crippen molar-refractivity contribution in [3.05, 3.63) is 41.9 Å². The number of aromatic nitrogens is 2. The van der Waals surface area contributed by atoms with Gasteiger partial charge in [0.05, 0.1) is 25.5 Å². The van der Waals surface area contributed by atoms with E-state index < -0.39 is 0 Å². The molecule has 1 aromatic heterocycles. The van der Waals surface area contributed by atoms with Gasteiger partial charge in [0.2, 0.25) is 0 Å². The van der Waals surface area contributed by atoms with Crippen LogP contribution in [0.15, 0.2) is 30.3 Å². The zero-order valence-electron chi connectivity index (χ0n) is 15.9. The first-order valence-electron chi connectivity index (χ1n) is 8.93. The molecule has 1 aliphatic heterocycles. The smallest absolute Gasteiger partial charge is 0.136 e. The molecule has 1 saturated heterocycles. The molecular formula is C20H27N3O3. The number of nitrogens with zero attached hydrogens (tertiary/aromatic N) is 2. The highest BCUT2D eigenvalue weighted by atomic mass is 16.5. The van der Waals surface area contributed by atoms with Crippen LogP contribution >= 0.6 is 0 Å². The summed E-state index contributed by atoms with van der Waals surface area (Å²) in [4.78, 5) is 9.26. The maximum Gasteiger partial charge on any atom is 0.136 e. The second-order valence-corrected chi connectivity index (χ2v) is 7.50. The highest BCUT2D eigenvalue weighted by Gasteiger charge is 2.19. The summed E-state index contributed by atoms with van der Waals surface area (Å²) in [7, 11) is 1.67. The number of ether oxygens (including phenoxy) is 3. The SMILES string of the molecule is COCc1cc(Nc2ccc(OC3CCOC3)cc2)nc(C(C)(C)C)n1. The summed E-state index contributed by atoms with van der Waals surface area (Å²) in [5.74, 6) is 2.40. The van der Waals surface area contributed by atoms with Gasteiger partial charge in [0.15, 0.2) is 0 Å². The van der Waals surface area contributed by atoms with E-state index in [4.69, 9.17) is 14.2 Å². The Morgan fingerprint density at radius 1 is 1.19 bits per heavy atom. The standard InChI is InChI=1S/C20H27N3O3/c1-20(2,3)19-22-15(12-24-4)11-18(23-19)21-14-5-7-16(8-6-14)26-17-9-10-25-13-17/h5-8,11,17H,9-10,12-13H2,1-4H3,(H,21,22,23). The van der Waals surface area contributed by atoms with E-state index in [0.717, 1.165) is 41.8 Å². The van der Waals surface area contributed by atoms with Crippen molar-refractivity contribution in [2.24, 2.45) is 0 Å². The molecule has 2 heterocycles. The highest BCUT2D eigenvalue weighted by molar-refractivity contribution is 5.57. The van der Waals surface area contributed by atoms with Gasteiger partial charge in [-0.25, -0.2) is 9.97 Å². The molecule has 0 spiro atoms. The van der Waals surface area contributed by atoms with Crippen LogP contribution in [0.1, 0.15) is 38.7 Å². The molecule has 1 aliphatic rings. The summed E-state index contributed by atoms with van der Waals surface area (Å²) < 4.78 is 16.5. The molecule has 6 nitrogen and oxygen atoms in total. The fraction of sp³-hybridized carbons (Fsp3) is 0.500. The Kier molecular flexibility index (Phi) is 5.74. The molecule has 1 fully saturated rings. The van der Waals surface area contributed by atoms with E-state index in [0.29, 0.717) is 13.2 Å². The molecule has 1 atom stereocenters. The minimum absolute atomic E-state index is 0.138. The quantitative estimate of drug-likeness (QED) is 0.847. The van der Waals surface area contributed by atoms with Crippen molar-refractivity contribution in [1.82, 2.24) is 9.97 Å². The largest absolute Gasteiger partial charge is 0.488 e. The Balaban J connectivity index is 1.73. The lowest BCUT2D eigenvalue weighted by Gasteiger charge is -2.19. The lowest BCUT2D eigenvalue weighted by atomic mass is 9.95. The number of methoxy groups -OCH3 is 1. The van der Waals surface area contributed by atoms with Crippen LogP contribution < -0.4 is 10.1 Å². The minimum atomic E-state index is -0.138. The van der Waals surface area contributed by atoms with Gasteiger partial charge in [-0.2, -0.15) is 0 Å². The van der Waals surface area contributed by atoms with Gasteiger partial charge in [-0.15, -0.1) is 0 Å². The molecule has 0 radical (unpaired) electrons. The van der Waals surface area contributed by atoms with Gasteiger partial charge < -0.3 is 19.5 Å². The molecule has 26 heavy (non-hydrogen) atoms. The molecule has 140 valence electrons. The second kappa shape index (κ2) is 8.01. The molecule has 6 heteroatoms. The number of anilines is 2. The van der Waals surface area contributed by atoms with Crippen LogP contribution in [0.2, 0.25) is 0 Å². The molecule has 3 rings (SSSR count). The first kappa shape index (κ1) is 18.6. The van der Waals surface area contributed by atoms with Crippen LogP contribution in [-0.2, 0) is 21.5 Å². The van der Waals surface area contributed by atoms with E-state index in [9.17, 15) is 0 Å². The van der Waals surface area contributed by atoms with Crippen molar-refractivity contribution in [1.29, 1.82) is 0 Å². The topological polar surface area (TPSA) is 65.5 Å². The zero-order chi connectivity index (χ0) is 18.6. The summed E-state index contributed by atoms with van der Waals surface area (Å²) >= 11 is 0. The number of hydrogen-bond donors (Lipinski definition) is 1. The average Bonchev–Trinajstić information content (AvgIpc) is 3.09. The van der Waals surface area contributed by atoms with Gasteiger partial charge in [0, 0.05) is 30.7 Å². The molecule has 1 unspecified atom stereocenters. The minimum Gasteiger partial charge on any atom is -0.488 e. The molecule has 0 saturated carbocycles. The Bertz CT molecular complexity index is 720. The molecule has 0 amide bonds. The molecule has 2 aromatic rings. The first-order chi connectivity index (χ1) is 12.4. The van der Waals surface area contributed by atoms with Crippen molar-refractivity contribution in [3.63, 3.8) is 0 Å². The maximum absolute atomic E-state index is 5.90. The van der Waals surface area contributed by atoms with Gasteiger partial charge in [0.25, 0.3) is 0 Å². The maximum atomic E-state index is 5.90. The van der Waals surface area contributed by atoms with Gasteiger partial charge in [-0.1, -0.05) is 20.8 Å². The predicted octanol–water partition coefficient (Wildman–Crippen LogP) is 3.83. The van der Waals surface area contributed by atoms with Crippen LogP contribution in [0, 0.1) is 0 Å². The summed E-state index contributed by atoms with van der Waals surface area (Å²) in [6.45, 7) is 8.19. The van der Waals surface area contributed by atoms with E-state index >= 15 is 0 Å². The van der Waals surface area contributed by atoms with Crippen molar-refractivity contribution in [3.8, 4) is 5.75 Å². The monoisotopic (exact) mass is 357 g/mol. The Morgan fingerprint density at radius 2 is 1.96 bits per heavy atom. The fourth-order valence-corrected chi connectivity index (χ4v) is 2.68. The summed E-state index contributed by atoms with van der Waals surface area (Å²) in [5.41, 5.74) is 1.67. The average molecular weight is 357 g/mol. The molecule has 0 bridgehead atoms. The van der Waals surface area contributed by atoms with Crippen molar-refractivity contribution < 1.29 is 14.2 Å². The van der Waals surface area contributed by atoms with Crippen LogP contribution in [0.4, 0.5) is 11.5 Å². The molecular weight excluding hydrogens is 330 g/mol. The molecule has 1 N–H and O–H groups in total. The fourth-order valence-electron chi connectivity index (χ4n) is 2.68. The molecule has 0 aliphatic carbocycles. The predicted molar refractivity (Wildman–Crippen MR) is 101 cm³/mol. The van der Waals surface area contributed by atoms with Crippen molar-refractivity contribution >= 4 is 11.5 Å². The third kappa shape index (κ3) is 4.93. The molecule has 1 aromatic carbocycles. The van der Waals surface area contributed by atoms with E-state index in [1.54, 1.807) is 7.11 Å². The second-order valence-electron chi connectivity index (χ2n) is 7.50. The van der Waals surface area contributed by atoms with Gasteiger partial charge in [0.1, 0.15) is 23.5 Å². The summed E-state index contributed by atoms with van der Waals surface area (Å²) in [6, 6.07) is 9.81. The first-order valence-corrected chi connectivity index (χ1v) is 8.93. The summed E-state index contributed by atoms with van der Waals surface area (Å²) in [6.07, 6.45) is 1.10. The highest BCUT2D eigenvalue weighted by Crippen LogP contribution is 2.24. The third-order valence-electron chi connectivity index (χ3n) is 4.06. The number of rotatable bonds is 6. The normalized spacial score (nSPS) is 17.3. The number of nitrogens with one attached hydrogen (secondary N) is 1. The lowest BCUT2D eigenvalue weighted by Crippen LogP contribution is -2.18. The van der Waals surface area contributed by atoms with Crippen LogP contribution in [0.25, 0.3) is 0 Å². The lowest BCUT2D eigenvalue weighted by molar-refractivity contribution is 0.141. The van der Waals surface area contributed by atoms with Crippen molar-refractivity contribution in [2.45, 2.75) is 45.3 Å². The number of benzene rings is 1. The third-order valence-corrected chi connectivity index (χ3v) is 4.06. The van der Waals surface area contributed by atoms with Crippen LogP contribution in [-0.4, -0.2) is 36.4 Å². The Labute approximate surface area is 154 Å². The van der Waals surface area contributed by atoms with E-state index in [1.807, 2.05) is 30.3 Å². The van der Waals surface area contributed by atoms with Gasteiger partial charge >= 0.3 is 0 Å². The van der Waals surface area contributed by atoms with E-state index in [1.165, 1.54) is 0 Å². The van der Waals surface area contributed by atoms with E-state index in [2.05, 4.69) is 36.1 Å². The number of hydrogen-bond acceptors (Lipinski definition) is 6. The Morgan fingerprint density at radius 3 is 2.58 bits per heavy atom. The van der Waals surface area contributed by atoms with Crippen molar-refractivity contribution in [2.75, 3.05) is 25.6 Å². The van der Waals surface area contributed by atoms with Gasteiger partial charge in [-0.3, -0.25) is 0 Å².